The summed E-state index contributed by atoms with van der Waals surface area (Å²) in [5.41, 5.74) is 5.25. The molecule has 1 rings (SSSR count). The third-order valence-electron chi connectivity index (χ3n) is 2.71. The quantitative estimate of drug-likeness (QED) is 0.560. The molecule has 6 heteroatoms. The Morgan fingerprint density at radius 1 is 1.80 bits per heavy atom. The lowest BCUT2D eigenvalue weighted by molar-refractivity contribution is -0.136. The first kappa shape index (κ1) is 12.3. The van der Waals surface area contributed by atoms with Crippen molar-refractivity contribution in [2.75, 3.05) is 13.1 Å². The van der Waals surface area contributed by atoms with Gasteiger partial charge in [0, 0.05) is 19.5 Å². The van der Waals surface area contributed by atoms with Gasteiger partial charge in [0.1, 0.15) is 6.04 Å². The van der Waals surface area contributed by atoms with E-state index in [4.69, 9.17) is 5.73 Å². The number of nitrogens with one attached hydrogen (secondary N) is 1. The first-order valence-corrected chi connectivity index (χ1v) is 5.50. The summed E-state index contributed by atoms with van der Waals surface area (Å²) in [6.07, 6.45) is 1.04. The van der Waals surface area contributed by atoms with Crippen molar-refractivity contribution in [2.45, 2.75) is 25.8 Å². The number of rotatable bonds is 5. The summed E-state index contributed by atoms with van der Waals surface area (Å²) in [5.74, 6) is -0.192. The van der Waals surface area contributed by atoms with Crippen LogP contribution < -0.4 is 10.5 Å². The molecule has 5 nitrogen and oxygen atoms in total. The van der Waals surface area contributed by atoms with Crippen molar-refractivity contribution >= 4 is 24.6 Å². The summed E-state index contributed by atoms with van der Waals surface area (Å²) in [6.45, 7) is 3.11. The Morgan fingerprint density at radius 2 is 2.47 bits per heavy atom. The molecule has 0 saturated carbocycles. The van der Waals surface area contributed by atoms with Gasteiger partial charge in [-0.3, -0.25) is 14.3 Å². The lowest BCUT2D eigenvalue weighted by atomic mass is 10.1. The number of amides is 2. The van der Waals surface area contributed by atoms with E-state index in [2.05, 4.69) is 17.5 Å². The van der Waals surface area contributed by atoms with Crippen molar-refractivity contribution in [3.05, 3.63) is 0 Å². The normalized spacial score (nSPS) is 23.2. The van der Waals surface area contributed by atoms with E-state index in [1.165, 1.54) is 0 Å². The highest BCUT2D eigenvalue weighted by Crippen LogP contribution is 2.20. The predicted molar refractivity (Wildman–Crippen MR) is 60.1 cm³/mol. The molecule has 0 aromatic rings. The third kappa shape index (κ3) is 2.85. The van der Waals surface area contributed by atoms with Gasteiger partial charge < -0.3 is 10.6 Å². The van der Waals surface area contributed by atoms with Gasteiger partial charge >= 0.3 is 0 Å². The standard InChI is InChI=1S/C9H17N3O2S/c1-2-7(9(10)14)12-5-6(4-11-15)3-8(12)13/h6-7,11,15H,2-5H2,1H3,(H2,10,14). The molecule has 0 aromatic heterocycles. The van der Waals surface area contributed by atoms with E-state index >= 15 is 0 Å². The molecule has 1 aliphatic rings. The Kier molecular flexibility index (Phi) is 4.41. The van der Waals surface area contributed by atoms with Gasteiger partial charge in [0.25, 0.3) is 0 Å². The monoisotopic (exact) mass is 231 g/mol. The van der Waals surface area contributed by atoms with Gasteiger partial charge in [-0.25, -0.2) is 0 Å². The van der Waals surface area contributed by atoms with Gasteiger partial charge in [0.2, 0.25) is 11.8 Å². The molecule has 1 aliphatic heterocycles. The average molecular weight is 231 g/mol. The fourth-order valence-corrected chi connectivity index (χ4v) is 2.21. The summed E-state index contributed by atoms with van der Waals surface area (Å²) in [5, 5.41) is 0. The van der Waals surface area contributed by atoms with Crippen LogP contribution in [-0.4, -0.2) is 35.8 Å². The van der Waals surface area contributed by atoms with Crippen molar-refractivity contribution < 1.29 is 9.59 Å². The van der Waals surface area contributed by atoms with Gasteiger partial charge in [-0.1, -0.05) is 19.7 Å². The second-order valence-electron chi connectivity index (χ2n) is 3.80. The lowest BCUT2D eigenvalue weighted by Gasteiger charge is -2.24. The first-order chi connectivity index (χ1) is 7.10. The van der Waals surface area contributed by atoms with Crippen LogP contribution in [0, 0.1) is 5.92 Å². The van der Waals surface area contributed by atoms with Crippen LogP contribution >= 0.6 is 12.8 Å². The molecule has 1 saturated heterocycles. The highest BCUT2D eigenvalue weighted by molar-refractivity contribution is 7.78. The smallest absolute Gasteiger partial charge is 0.240 e. The molecule has 1 heterocycles. The first-order valence-electron chi connectivity index (χ1n) is 5.05. The van der Waals surface area contributed by atoms with Crippen LogP contribution in [0.2, 0.25) is 0 Å². The molecule has 0 aliphatic carbocycles. The number of likely N-dealkylation sites (tertiary alicyclic amines) is 1. The van der Waals surface area contributed by atoms with Gasteiger partial charge in [0.15, 0.2) is 0 Å². The molecule has 0 radical (unpaired) electrons. The number of carbonyl (C=O) groups is 2. The summed E-state index contributed by atoms with van der Waals surface area (Å²) < 4.78 is 2.74. The van der Waals surface area contributed by atoms with Crippen LogP contribution in [0.25, 0.3) is 0 Å². The van der Waals surface area contributed by atoms with Gasteiger partial charge in [-0.15, -0.1) is 0 Å². The Balaban J connectivity index is 2.63. The molecule has 86 valence electrons. The Labute approximate surface area is 94.9 Å². The Bertz CT molecular complexity index is 260. The van der Waals surface area contributed by atoms with E-state index in [0.717, 1.165) is 0 Å². The predicted octanol–water partition coefficient (Wildman–Crippen LogP) is -0.467. The molecular formula is C9H17N3O2S. The van der Waals surface area contributed by atoms with Gasteiger partial charge in [0.05, 0.1) is 0 Å². The average Bonchev–Trinajstić information content (AvgIpc) is 2.49. The van der Waals surface area contributed by atoms with Crippen LogP contribution in [0.4, 0.5) is 0 Å². The minimum absolute atomic E-state index is 0.00855. The molecule has 3 N–H and O–H groups in total. The Hall–Kier alpha value is -0.750. The number of primary amides is 1. The topological polar surface area (TPSA) is 75.4 Å². The minimum atomic E-state index is -0.456. The molecule has 2 unspecified atom stereocenters. The van der Waals surface area contributed by atoms with Crippen LogP contribution in [0.1, 0.15) is 19.8 Å². The molecule has 1 fully saturated rings. The zero-order chi connectivity index (χ0) is 11.4. The number of hydrogen-bond donors (Lipinski definition) is 3. The van der Waals surface area contributed by atoms with E-state index in [1.54, 1.807) is 4.90 Å². The second-order valence-corrected chi connectivity index (χ2v) is 4.12. The van der Waals surface area contributed by atoms with Crippen molar-refractivity contribution in [3.63, 3.8) is 0 Å². The SMILES string of the molecule is CCC(C(N)=O)N1CC(CNS)CC1=O. The molecule has 0 bridgehead atoms. The van der Waals surface area contributed by atoms with E-state index in [0.29, 0.717) is 25.9 Å². The van der Waals surface area contributed by atoms with Crippen molar-refractivity contribution in [1.29, 1.82) is 0 Å². The number of nitrogens with two attached hydrogens (primary N) is 1. The van der Waals surface area contributed by atoms with Gasteiger partial charge in [-0.05, 0) is 12.3 Å². The molecule has 2 amide bonds. The number of carbonyl (C=O) groups excluding carboxylic acids is 2. The Morgan fingerprint density at radius 3 is 2.93 bits per heavy atom. The zero-order valence-corrected chi connectivity index (χ0v) is 9.67. The highest BCUT2D eigenvalue weighted by atomic mass is 32.1. The van der Waals surface area contributed by atoms with E-state index in [-0.39, 0.29) is 11.8 Å². The third-order valence-corrected chi connectivity index (χ3v) is 2.89. The summed E-state index contributed by atoms with van der Waals surface area (Å²) in [6, 6.07) is -0.456. The largest absolute Gasteiger partial charge is 0.368 e. The fourth-order valence-electron chi connectivity index (χ4n) is 1.95. The van der Waals surface area contributed by atoms with Crippen LogP contribution in [0.15, 0.2) is 0 Å². The van der Waals surface area contributed by atoms with E-state index < -0.39 is 11.9 Å². The number of hydrogen-bond acceptors (Lipinski definition) is 4. The zero-order valence-electron chi connectivity index (χ0n) is 8.77. The molecule has 15 heavy (non-hydrogen) atoms. The van der Waals surface area contributed by atoms with Gasteiger partial charge in [-0.2, -0.15) is 0 Å². The second kappa shape index (κ2) is 5.37. The number of thiol groups is 1. The van der Waals surface area contributed by atoms with Crippen molar-refractivity contribution in [3.8, 4) is 0 Å². The molecule has 2 atom stereocenters. The maximum absolute atomic E-state index is 11.6. The summed E-state index contributed by atoms with van der Waals surface area (Å²) >= 11 is 3.90. The molecule has 0 spiro atoms. The molecular weight excluding hydrogens is 214 g/mol. The summed E-state index contributed by atoms with van der Waals surface area (Å²) in [4.78, 5) is 24.3. The van der Waals surface area contributed by atoms with Crippen LogP contribution in [0.3, 0.4) is 0 Å². The van der Waals surface area contributed by atoms with Crippen molar-refractivity contribution in [2.24, 2.45) is 11.7 Å². The molecule has 0 aromatic carbocycles. The maximum Gasteiger partial charge on any atom is 0.240 e. The maximum atomic E-state index is 11.6. The van der Waals surface area contributed by atoms with Crippen LogP contribution in [0.5, 0.6) is 0 Å². The number of nitrogens with zero attached hydrogens (tertiary/aromatic N) is 1. The fraction of sp³-hybridized carbons (Fsp3) is 0.778. The summed E-state index contributed by atoms with van der Waals surface area (Å²) in [7, 11) is 0. The highest BCUT2D eigenvalue weighted by Gasteiger charge is 2.35. The van der Waals surface area contributed by atoms with Crippen molar-refractivity contribution in [1.82, 2.24) is 9.62 Å². The lowest BCUT2D eigenvalue weighted by Crippen LogP contribution is -2.45. The van der Waals surface area contributed by atoms with E-state index in [9.17, 15) is 9.59 Å². The van der Waals surface area contributed by atoms with Crippen LogP contribution in [-0.2, 0) is 9.59 Å². The minimum Gasteiger partial charge on any atom is -0.368 e. The van der Waals surface area contributed by atoms with E-state index in [1.807, 2.05) is 6.92 Å².